The van der Waals surface area contributed by atoms with Gasteiger partial charge in [-0.2, -0.15) is 11.8 Å². The number of benzene rings is 4. The van der Waals surface area contributed by atoms with Crippen molar-refractivity contribution >= 4 is 11.8 Å². The van der Waals surface area contributed by atoms with Gasteiger partial charge >= 0.3 is 0 Å². The maximum absolute atomic E-state index is 6.48. The van der Waals surface area contributed by atoms with E-state index in [2.05, 4.69) is 38.1 Å². The van der Waals surface area contributed by atoms with E-state index in [9.17, 15) is 0 Å². The van der Waals surface area contributed by atoms with Crippen LogP contribution in [-0.2, 0) is 0 Å². The Morgan fingerprint density at radius 1 is 0.561 bits per heavy atom. The minimum Gasteiger partial charge on any atom is -0.496 e. The van der Waals surface area contributed by atoms with Gasteiger partial charge in [-0.05, 0) is 99.6 Å². The largest absolute Gasteiger partial charge is 0.496 e. The van der Waals surface area contributed by atoms with Crippen LogP contribution in [0.1, 0.15) is 60.1 Å². The van der Waals surface area contributed by atoms with E-state index in [0.29, 0.717) is 0 Å². The quantitative estimate of drug-likeness (QED) is 0.125. The molecule has 0 radical (unpaired) electrons. The fourth-order valence-corrected chi connectivity index (χ4v) is 5.88. The molecule has 0 N–H and O–H groups in total. The first-order valence-electron chi connectivity index (χ1n) is 14.4. The van der Waals surface area contributed by atoms with Crippen molar-refractivity contribution in [3.05, 3.63) is 119 Å². The highest BCUT2D eigenvalue weighted by molar-refractivity contribution is 7.99. The number of hydrogen-bond donors (Lipinski definition) is 0. The second kappa shape index (κ2) is 16.0. The predicted octanol–water partition coefficient (Wildman–Crippen LogP) is 9.55. The summed E-state index contributed by atoms with van der Waals surface area (Å²) in [5.41, 5.74) is 4.62. The average molecular weight is 571 g/mol. The summed E-state index contributed by atoms with van der Waals surface area (Å²) in [7, 11) is 3.45. The third-order valence-electron chi connectivity index (χ3n) is 7.02. The average Bonchev–Trinajstić information content (AvgIpc) is 3.00. The van der Waals surface area contributed by atoms with E-state index in [4.69, 9.17) is 18.9 Å². The van der Waals surface area contributed by atoms with Gasteiger partial charge in [0.2, 0.25) is 0 Å². The van der Waals surface area contributed by atoms with E-state index >= 15 is 0 Å². The van der Waals surface area contributed by atoms with Crippen molar-refractivity contribution in [1.29, 1.82) is 0 Å². The number of hydrogen-bond acceptors (Lipinski definition) is 5. The summed E-state index contributed by atoms with van der Waals surface area (Å²) in [5, 5.41) is 0. The van der Waals surface area contributed by atoms with E-state index < -0.39 is 0 Å². The molecule has 0 saturated carbocycles. The fraction of sp³-hybridized carbons (Fsp3) is 0.333. The lowest BCUT2D eigenvalue weighted by atomic mass is 10.0. The maximum atomic E-state index is 6.48. The van der Waals surface area contributed by atoms with Gasteiger partial charge < -0.3 is 18.9 Å². The Bertz CT molecular complexity index is 1220. The minimum absolute atomic E-state index is 0.0645. The molecule has 2 atom stereocenters. The molecule has 0 aromatic heterocycles. The zero-order chi connectivity index (χ0) is 28.9. The normalized spacial score (nSPS) is 12.4. The zero-order valence-electron chi connectivity index (χ0n) is 24.7. The molecular formula is C36H42O4S. The first kappa shape index (κ1) is 30.4. The molecule has 4 rings (SSSR count). The van der Waals surface area contributed by atoms with Crippen LogP contribution in [0.5, 0.6) is 23.0 Å². The minimum atomic E-state index is -0.0645. The number of methoxy groups -OCH3 is 2. The lowest BCUT2D eigenvalue weighted by molar-refractivity contribution is 0.189. The van der Waals surface area contributed by atoms with E-state index in [1.807, 2.05) is 84.6 Å². The highest BCUT2D eigenvalue weighted by Gasteiger charge is 2.20. The second-order valence-electron chi connectivity index (χ2n) is 10.2. The molecule has 0 aliphatic carbocycles. The summed E-state index contributed by atoms with van der Waals surface area (Å²) >= 11 is 1.99. The molecule has 0 spiro atoms. The van der Waals surface area contributed by atoms with Crippen molar-refractivity contribution in [3.8, 4) is 23.0 Å². The number of thioether (sulfide) groups is 1. The van der Waals surface area contributed by atoms with E-state index in [1.165, 1.54) is 11.1 Å². The molecule has 0 fully saturated rings. The smallest absolute Gasteiger partial charge is 0.127 e. The Kier molecular flexibility index (Phi) is 11.9. The van der Waals surface area contributed by atoms with Crippen LogP contribution in [0.4, 0.5) is 0 Å². The van der Waals surface area contributed by atoms with Crippen molar-refractivity contribution in [2.75, 3.05) is 25.7 Å². The lowest BCUT2D eigenvalue weighted by Gasteiger charge is -2.23. The van der Waals surface area contributed by atoms with Crippen LogP contribution in [0, 0.1) is 13.8 Å². The van der Waals surface area contributed by atoms with Crippen LogP contribution < -0.4 is 18.9 Å². The summed E-state index contributed by atoms with van der Waals surface area (Å²) in [6.07, 6.45) is 3.81. The van der Waals surface area contributed by atoms with Gasteiger partial charge in [0, 0.05) is 11.1 Å². The first-order valence-corrected chi connectivity index (χ1v) is 15.5. The van der Waals surface area contributed by atoms with Gasteiger partial charge in [-0.1, -0.05) is 59.7 Å². The highest BCUT2D eigenvalue weighted by Crippen LogP contribution is 2.35. The van der Waals surface area contributed by atoms with E-state index in [1.54, 1.807) is 14.2 Å². The first-order chi connectivity index (χ1) is 20.1. The Labute approximate surface area is 250 Å². The molecule has 4 nitrogen and oxygen atoms in total. The molecule has 0 saturated heterocycles. The van der Waals surface area contributed by atoms with Gasteiger partial charge in [-0.15, -0.1) is 0 Å². The molecule has 0 amide bonds. The second-order valence-corrected chi connectivity index (χ2v) is 11.5. The topological polar surface area (TPSA) is 36.9 Å². The third-order valence-corrected chi connectivity index (χ3v) is 8.17. The molecule has 2 unspecified atom stereocenters. The molecule has 0 heterocycles. The highest BCUT2D eigenvalue weighted by atomic mass is 32.2. The molecule has 41 heavy (non-hydrogen) atoms. The Balaban J connectivity index is 1.33. The molecule has 5 heteroatoms. The SMILES string of the molecule is COc1ccc(C)cc1C(CCCSCCCC(Oc1ccccc1)c1cc(C)ccc1OC)Oc1ccccc1. The molecule has 0 aliphatic rings. The number of aryl methyl sites for hydroxylation is 2. The van der Waals surface area contributed by atoms with Crippen LogP contribution in [0.15, 0.2) is 97.1 Å². The van der Waals surface area contributed by atoms with Crippen molar-refractivity contribution in [1.82, 2.24) is 0 Å². The van der Waals surface area contributed by atoms with Gasteiger partial charge in [0.05, 0.1) is 14.2 Å². The number of rotatable bonds is 16. The third kappa shape index (κ3) is 9.22. The van der Waals surface area contributed by atoms with Crippen molar-refractivity contribution in [2.24, 2.45) is 0 Å². The molecular weight excluding hydrogens is 528 g/mol. The Hall–Kier alpha value is -3.57. The van der Waals surface area contributed by atoms with Crippen molar-refractivity contribution < 1.29 is 18.9 Å². The van der Waals surface area contributed by atoms with Gasteiger partial charge in [-0.3, -0.25) is 0 Å². The molecule has 0 aliphatic heterocycles. The summed E-state index contributed by atoms with van der Waals surface area (Å²) < 4.78 is 24.3. The van der Waals surface area contributed by atoms with Gasteiger partial charge in [0.1, 0.15) is 35.2 Å². The van der Waals surface area contributed by atoms with Gasteiger partial charge in [-0.25, -0.2) is 0 Å². The van der Waals surface area contributed by atoms with Crippen molar-refractivity contribution in [3.63, 3.8) is 0 Å². The summed E-state index contributed by atoms with van der Waals surface area (Å²) in [4.78, 5) is 0. The summed E-state index contributed by atoms with van der Waals surface area (Å²) in [5.74, 6) is 5.65. The van der Waals surface area contributed by atoms with Crippen LogP contribution in [-0.4, -0.2) is 25.7 Å². The maximum Gasteiger partial charge on any atom is 0.127 e. The predicted molar refractivity (Wildman–Crippen MR) is 171 cm³/mol. The lowest BCUT2D eigenvalue weighted by Crippen LogP contribution is -2.11. The molecule has 216 valence electrons. The summed E-state index contributed by atoms with van der Waals surface area (Å²) in [6.45, 7) is 4.22. The van der Waals surface area contributed by atoms with Crippen LogP contribution >= 0.6 is 11.8 Å². The number of ether oxygens (including phenoxy) is 4. The Morgan fingerprint density at radius 2 is 0.976 bits per heavy atom. The standard InChI is InChI=1S/C36H42O4S/c1-27-19-21-33(37-3)31(25-27)35(39-29-13-7-5-8-14-29)17-11-23-41-24-12-18-36(40-30-15-9-6-10-16-30)32-26-28(2)20-22-34(32)38-4/h5-10,13-16,19-22,25-26,35-36H,11-12,17-18,23-24H2,1-4H3. The van der Waals surface area contributed by atoms with Crippen LogP contribution in [0.3, 0.4) is 0 Å². The van der Waals surface area contributed by atoms with Crippen LogP contribution in [0.25, 0.3) is 0 Å². The van der Waals surface area contributed by atoms with E-state index in [0.717, 1.165) is 71.3 Å². The van der Waals surface area contributed by atoms with Gasteiger partial charge in [0.15, 0.2) is 0 Å². The summed E-state index contributed by atoms with van der Waals surface area (Å²) in [6, 6.07) is 32.7. The molecule has 4 aromatic carbocycles. The molecule has 0 bridgehead atoms. The van der Waals surface area contributed by atoms with Crippen molar-refractivity contribution in [2.45, 2.75) is 51.7 Å². The van der Waals surface area contributed by atoms with E-state index in [-0.39, 0.29) is 12.2 Å². The zero-order valence-corrected chi connectivity index (χ0v) is 25.5. The monoisotopic (exact) mass is 570 g/mol. The fourth-order valence-electron chi connectivity index (χ4n) is 4.94. The van der Waals surface area contributed by atoms with Crippen LogP contribution in [0.2, 0.25) is 0 Å². The Morgan fingerprint density at radius 3 is 1.37 bits per heavy atom. The number of para-hydroxylation sites is 2. The van der Waals surface area contributed by atoms with Gasteiger partial charge in [0.25, 0.3) is 0 Å². The molecule has 4 aromatic rings.